The van der Waals surface area contributed by atoms with E-state index in [-0.39, 0.29) is 33.3 Å². The van der Waals surface area contributed by atoms with Gasteiger partial charge in [-0.2, -0.15) is 0 Å². The molecule has 2 aliphatic rings. The van der Waals surface area contributed by atoms with Gasteiger partial charge in [-0.15, -0.1) is 29.8 Å². The molecule has 3 heterocycles. The first-order chi connectivity index (χ1) is 43.5. The summed E-state index contributed by atoms with van der Waals surface area (Å²) in [4.78, 5) is 4.95. The normalized spacial score (nSPS) is 16.7. The molecule has 0 saturated carbocycles. The van der Waals surface area contributed by atoms with Gasteiger partial charge in [-0.25, -0.2) is 0 Å². The molecule has 2 saturated heterocycles. The molecule has 5 aromatic carbocycles. The van der Waals surface area contributed by atoms with Crippen LogP contribution in [0.3, 0.4) is 0 Å². The van der Waals surface area contributed by atoms with E-state index in [0.29, 0.717) is 30.5 Å². The summed E-state index contributed by atoms with van der Waals surface area (Å²) in [7, 11) is 0. The smallest absolute Gasteiger partial charge is 0.119 e. The van der Waals surface area contributed by atoms with E-state index in [9.17, 15) is 10.2 Å². The molecule has 2 N–H and O–H groups in total. The van der Waals surface area contributed by atoms with Crippen LogP contribution in [-0.2, 0) is 40.0 Å². The Hall–Kier alpha value is -4.70. The van der Waals surface area contributed by atoms with Crippen LogP contribution in [0.1, 0.15) is 198 Å². The first-order valence-electron chi connectivity index (χ1n) is 34.9. The second-order valence-electron chi connectivity index (χ2n) is 25.6. The summed E-state index contributed by atoms with van der Waals surface area (Å²) in [5.41, 5.74) is 16.5. The fourth-order valence-corrected chi connectivity index (χ4v) is 12.7. The maximum absolute atomic E-state index is 9.29. The number of aromatic nitrogens is 1. The number of ether oxygens (including phenoxy) is 6. The molecule has 8 rings (SSSR count). The molecule has 6 unspecified atom stereocenters. The summed E-state index contributed by atoms with van der Waals surface area (Å²) in [6.07, 6.45) is 28.5. The Bertz CT molecular complexity index is 2650. The van der Waals surface area contributed by atoms with Gasteiger partial charge in [-0.05, 0) is 160 Å². The summed E-state index contributed by atoms with van der Waals surface area (Å²) in [6, 6.07) is 40.7. The summed E-state index contributed by atoms with van der Waals surface area (Å²) in [5.74, 6) is 3.29. The van der Waals surface area contributed by atoms with E-state index in [4.69, 9.17) is 33.4 Å². The molecular formula is C80H112NO8Pt-. The minimum Gasteiger partial charge on any atom is -0.494 e. The Morgan fingerprint density at radius 2 is 0.844 bits per heavy atom. The maximum Gasteiger partial charge on any atom is 0.119 e. The molecule has 1 aromatic heterocycles. The fraction of sp³-hybridized carbons (Fsp3) is 0.562. The topological polar surface area (TPSA) is 109 Å². The molecule has 0 aliphatic carbocycles. The molecule has 0 bridgehead atoms. The van der Waals surface area contributed by atoms with Gasteiger partial charge in [0.15, 0.2) is 0 Å². The number of benzene rings is 5. The quantitative estimate of drug-likeness (QED) is 0.0287. The van der Waals surface area contributed by atoms with E-state index in [2.05, 4.69) is 151 Å². The molecule has 0 amide bonds. The number of aliphatic hydroxyl groups is 2. The molecule has 10 heteroatoms. The van der Waals surface area contributed by atoms with Gasteiger partial charge < -0.3 is 43.6 Å². The second kappa shape index (κ2) is 41.8. The summed E-state index contributed by atoms with van der Waals surface area (Å²) < 4.78 is 35.2. The van der Waals surface area contributed by atoms with Crippen molar-refractivity contribution in [2.75, 3.05) is 52.9 Å². The Morgan fingerprint density at radius 1 is 0.467 bits per heavy atom. The Kier molecular flexibility index (Phi) is 34.5. The summed E-state index contributed by atoms with van der Waals surface area (Å²) >= 11 is 0. The molecule has 9 nitrogen and oxygen atoms in total. The average Bonchev–Trinajstić information content (AvgIpc) is 1.05. The van der Waals surface area contributed by atoms with Crippen molar-refractivity contribution in [3.63, 3.8) is 0 Å². The van der Waals surface area contributed by atoms with Gasteiger partial charge in [0.1, 0.15) is 11.5 Å². The van der Waals surface area contributed by atoms with E-state index < -0.39 is 0 Å². The Labute approximate surface area is 558 Å². The van der Waals surface area contributed by atoms with Gasteiger partial charge in [-0.3, -0.25) is 0 Å². The Morgan fingerprint density at radius 3 is 1.19 bits per heavy atom. The minimum absolute atomic E-state index is 0. The third-order valence-corrected chi connectivity index (χ3v) is 18.3. The fourth-order valence-electron chi connectivity index (χ4n) is 12.7. The van der Waals surface area contributed by atoms with Crippen LogP contribution < -0.4 is 9.47 Å². The number of unbranched alkanes of at least 4 members (excludes halogenated alkanes) is 14. The minimum atomic E-state index is -0.304. The van der Waals surface area contributed by atoms with Crippen LogP contribution in [0.25, 0.3) is 55.8 Å². The molecule has 6 aromatic rings. The van der Waals surface area contributed by atoms with E-state index >= 15 is 0 Å². The second-order valence-corrected chi connectivity index (χ2v) is 25.6. The number of rotatable bonds is 41. The first-order valence-corrected chi connectivity index (χ1v) is 34.9. The zero-order valence-corrected chi connectivity index (χ0v) is 58.7. The first kappa shape index (κ1) is 74.3. The van der Waals surface area contributed by atoms with Gasteiger partial charge >= 0.3 is 0 Å². The number of nitrogens with zero attached hydrogens (tertiary/aromatic N) is 1. The van der Waals surface area contributed by atoms with Crippen LogP contribution in [0.2, 0.25) is 0 Å². The van der Waals surface area contributed by atoms with Crippen molar-refractivity contribution in [3.8, 4) is 67.3 Å². The van der Waals surface area contributed by atoms with Crippen molar-refractivity contribution >= 4 is 0 Å². The predicted molar refractivity (Wildman–Crippen MR) is 369 cm³/mol. The Balaban J connectivity index is 0.000000978. The zero-order chi connectivity index (χ0) is 63.0. The third-order valence-electron chi connectivity index (χ3n) is 18.3. The molecule has 0 spiro atoms. The number of hydrogen-bond donors (Lipinski definition) is 2. The number of pyridine rings is 1. The van der Waals surface area contributed by atoms with Crippen LogP contribution in [0.4, 0.5) is 0 Å². The van der Waals surface area contributed by atoms with Gasteiger partial charge in [0.05, 0.1) is 64.1 Å². The van der Waals surface area contributed by atoms with Crippen LogP contribution in [0, 0.1) is 45.6 Å². The maximum atomic E-state index is 9.29. The van der Waals surface area contributed by atoms with Gasteiger partial charge in [-0.1, -0.05) is 201 Å². The molecule has 2 aliphatic heterocycles. The van der Waals surface area contributed by atoms with E-state index in [1.165, 1.54) is 146 Å². The van der Waals surface area contributed by atoms with Crippen molar-refractivity contribution in [2.24, 2.45) is 11.8 Å². The van der Waals surface area contributed by atoms with Crippen molar-refractivity contribution in [1.29, 1.82) is 0 Å². The van der Waals surface area contributed by atoms with Crippen molar-refractivity contribution in [2.45, 2.75) is 227 Å². The van der Waals surface area contributed by atoms with Gasteiger partial charge in [0, 0.05) is 52.3 Å². The molecular weight excluding hydrogens is 1300 g/mol. The summed E-state index contributed by atoms with van der Waals surface area (Å²) in [5, 5.41) is 18.6. The van der Waals surface area contributed by atoms with Crippen molar-refractivity contribution < 1.29 is 59.7 Å². The van der Waals surface area contributed by atoms with Crippen LogP contribution in [0.5, 0.6) is 11.5 Å². The monoisotopic (exact) mass is 1410 g/mol. The van der Waals surface area contributed by atoms with Crippen molar-refractivity contribution in [3.05, 3.63) is 138 Å². The molecule has 0 radical (unpaired) electrons. The largest absolute Gasteiger partial charge is 0.494 e. The van der Waals surface area contributed by atoms with Crippen molar-refractivity contribution in [1.82, 2.24) is 4.98 Å². The SMILES string of the molecule is CCC1COC1COCCCCCCCCCCOc1ccc(-c2cc(C)c(-c3c[c-]c(-c4ccc(-c5c(C)cc(-c6ccc(OCCCCCCCCCCOCC7OCC7CC)cc6)cc5C)cn4)cc3)c(C)c2)cc1.CCCC(O)CC(O)CCC.[Pt]. The van der Waals surface area contributed by atoms with Gasteiger partial charge in [0.2, 0.25) is 0 Å². The van der Waals surface area contributed by atoms with Crippen LogP contribution in [-0.4, -0.2) is 92.5 Å². The number of aryl methyl sites for hydroxylation is 4. The predicted octanol–water partition coefficient (Wildman–Crippen LogP) is 20.0. The standard InChI is InChI=1S/C71H92NO6.C9H20O2.Pt/c1-7-56-48-77-68(56)50-73-39-21-17-13-9-11-15-19-23-41-75-65-34-29-58(30-35-65)63-43-52(3)70(53(4)44-63)61-27-25-60(26-28-61)67-38-33-62(47-72-67)71-54(5)45-64(46-55(71)6)59-31-36-66(37-32-59)76-42-24-20-16-12-10-14-18-22-40-74-51-69-57(8-2)49-78-69;1-3-5-8(10)7-9(11)6-4-2;/h25,27-38,43-47,56-57,68-69H,7-24,39-42,48-51H2,1-6H3;8-11H,3-7H2,1-2H3;/q-1;;. The molecule has 2 fully saturated rings. The van der Waals surface area contributed by atoms with Crippen LogP contribution >= 0.6 is 0 Å². The van der Waals surface area contributed by atoms with E-state index in [0.717, 1.165) is 138 Å². The van der Waals surface area contributed by atoms with E-state index in [1.807, 2.05) is 20.0 Å². The number of aliphatic hydroxyl groups excluding tert-OH is 2. The molecule has 90 heavy (non-hydrogen) atoms. The molecule has 496 valence electrons. The third kappa shape index (κ3) is 24.6. The van der Waals surface area contributed by atoms with Crippen LogP contribution in [0.15, 0.2) is 109 Å². The summed E-state index contributed by atoms with van der Waals surface area (Å²) in [6.45, 7) is 24.0. The van der Waals surface area contributed by atoms with E-state index in [1.54, 1.807) is 0 Å². The zero-order valence-electron chi connectivity index (χ0n) is 56.4. The van der Waals surface area contributed by atoms with Gasteiger partial charge in [0.25, 0.3) is 0 Å². The molecule has 6 atom stereocenters. The number of hydrogen-bond acceptors (Lipinski definition) is 9. The average molecular weight is 1410 g/mol.